The number of phenols is 1. The van der Waals surface area contributed by atoms with Crippen molar-refractivity contribution < 1.29 is 9.84 Å². The molecule has 37 heavy (non-hydrogen) atoms. The standard InChI is InChI=1S/C29H26N4O4/c1-16-9-14-19(22(34)15-16)24-27-26-23(28(35)32(3)29(36)31(26)2)25(17-10-12-18(37-4)13-11-17)33(27)21-8-6-5-7-20(21)30-24/h5-15,24,30,34H,1-4H3. The van der Waals surface area contributed by atoms with E-state index in [9.17, 15) is 14.7 Å². The van der Waals surface area contributed by atoms with Crippen LogP contribution in [0.3, 0.4) is 0 Å². The van der Waals surface area contributed by atoms with E-state index in [4.69, 9.17) is 4.74 Å². The Bertz CT molecular complexity index is 1830. The first kappa shape index (κ1) is 22.7. The second-order valence-corrected chi connectivity index (χ2v) is 9.38. The van der Waals surface area contributed by atoms with Crippen LogP contribution >= 0.6 is 0 Å². The fourth-order valence-electron chi connectivity index (χ4n) is 5.37. The maximum Gasteiger partial charge on any atom is 0.331 e. The summed E-state index contributed by atoms with van der Waals surface area (Å²) < 4.78 is 10.1. The van der Waals surface area contributed by atoms with E-state index in [2.05, 4.69) is 5.32 Å². The lowest BCUT2D eigenvalue weighted by atomic mass is 9.97. The Morgan fingerprint density at radius 1 is 0.946 bits per heavy atom. The second kappa shape index (κ2) is 8.16. The molecule has 0 spiro atoms. The van der Waals surface area contributed by atoms with E-state index in [0.29, 0.717) is 33.6 Å². The number of aromatic hydroxyl groups is 1. The lowest BCUT2D eigenvalue weighted by Gasteiger charge is -2.31. The van der Waals surface area contributed by atoms with E-state index in [0.717, 1.165) is 27.1 Å². The van der Waals surface area contributed by atoms with E-state index >= 15 is 0 Å². The third-order valence-corrected chi connectivity index (χ3v) is 7.19. The van der Waals surface area contributed by atoms with Crippen LogP contribution in [0.1, 0.15) is 22.9 Å². The lowest BCUT2D eigenvalue weighted by molar-refractivity contribution is 0.415. The van der Waals surface area contributed by atoms with Gasteiger partial charge in [-0.2, -0.15) is 0 Å². The summed E-state index contributed by atoms with van der Waals surface area (Å²) in [6.07, 6.45) is 0. The van der Waals surface area contributed by atoms with Gasteiger partial charge >= 0.3 is 5.69 Å². The van der Waals surface area contributed by atoms with Gasteiger partial charge in [0.1, 0.15) is 11.5 Å². The van der Waals surface area contributed by atoms with Crippen molar-refractivity contribution in [2.45, 2.75) is 13.0 Å². The Kier molecular flexibility index (Phi) is 5.01. The third-order valence-electron chi connectivity index (χ3n) is 7.19. The minimum absolute atomic E-state index is 0.137. The number of rotatable bonds is 3. The normalized spacial score (nSPS) is 14.2. The van der Waals surface area contributed by atoms with Crippen molar-refractivity contribution >= 4 is 16.6 Å². The molecule has 0 radical (unpaired) electrons. The Balaban J connectivity index is 1.84. The van der Waals surface area contributed by atoms with Crippen molar-refractivity contribution in [2.75, 3.05) is 12.4 Å². The van der Waals surface area contributed by atoms with Crippen molar-refractivity contribution in [3.8, 4) is 28.4 Å². The molecule has 1 aliphatic rings. The smallest absolute Gasteiger partial charge is 0.331 e. The molecule has 8 heteroatoms. The van der Waals surface area contributed by atoms with Crippen LogP contribution in [-0.4, -0.2) is 25.9 Å². The van der Waals surface area contributed by atoms with Crippen LogP contribution in [-0.2, 0) is 14.1 Å². The molecular weight excluding hydrogens is 468 g/mol. The number of methoxy groups -OCH3 is 1. The zero-order chi connectivity index (χ0) is 26.0. The number of ether oxygens (including phenoxy) is 1. The molecule has 1 unspecified atom stereocenters. The van der Waals surface area contributed by atoms with E-state index in [1.165, 1.54) is 11.6 Å². The zero-order valence-electron chi connectivity index (χ0n) is 20.9. The van der Waals surface area contributed by atoms with Crippen molar-refractivity contribution in [1.29, 1.82) is 0 Å². The molecule has 1 aliphatic heterocycles. The van der Waals surface area contributed by atoms with Crippen LogP contribution in [0.25, 0.3) is 27.8 Å². The van der Waals surface area contributed by atoms with Crippen molar-refractivity contribution in [3.63, 3.8) is 0 Å². The van der Waals surface area contributed by atoms with E-state index in [1.54, 1.807) is 20.2 Å². The molecule has 0 amide bonds. The number of aryl methyl sites for hydroxylation is 2. The molecule has 0 saturated heterocycles. The second-order valence-electron chi connectivity index (χ2n) is 9.38. The average molecular weight is 495 g/mol. The molecule has 2 N–H and O–H groups in total. The van der Waals surface area contributed by atoms with Gasteiger partial charge in [-0.3, -0.25) is 13.9 Å². The first-order chi connectivity index (χ1) is 17.8. The third kappa shape index (κ3) is 3.22. The number of benzene rings is 3. The van der Waals surface area contributed by atoms with Crippen molar-refractivity contribution in [1.82, 2.24) is 13.7 Å². The molecule has 6 rings (SSSR count). The lowest BCUT2D eigenvalue weighted by Crippen LogP contribution is -2.37. The molecular formula is C29H26N4O4. The Hall–Kier alpha value is -4.72. The summed E-state index contributed by atoms with van der Waals surface area (Å²) in [4.78, 5) is 26.9. The molecule has 2 aromatic heterocycles. The molecule has 186 valence electrons. The van der Waals surface area contributed by atoms with Gasteiger partial charge in [0.05, 0.1) is 46.8 Å². The van der Waals surface area contributed by atoms with E-state index in [1.807, 2.05) is 72.2 Å². The van der Waals surface area contributed by atoms with Crippen LogP contribution in [0, 0.1) is 6.92 Å². The highest BCUT2D eigenvalue weighted by Gasteiger charge is 2.35. The highest BCUT2D eigenvalue weighted by molar-refractivity contribution is 5.99. The SMILES string of the molecule is COc1ccc(-c2c3c(=O)n(C)c(=O)n(C)c3c3n2-c2ccccc2NC3c2ccc(C)cc2O)cc1. The molecule has 5 aromatic rings. The quantitative estimate of drug-likeness (QED) is 0.392. The van der Waals surface area contributed by atoms with Crippen LogP contribution in [0.15, 0.2) is 76.3 Å². The van der Waals surface area contributed by atoms with Crippen LogP contribution in [0.5, 0.6) is 11.5 Å². The molecule has 8 nitrogen and oxygen atoms in total. The van der Waals surface area contributed by atoms with Crippen molar-refractivity contribution in [2.24, 2.45) is 14.1 Å². The Morgan fingerprint density at radius 2 is 1.68 bits per heavy atom. The number of phenolic OH excluding ortho intramolecular Hbond substituents is 1. The van der Waals surface area contributed by atoms with Gasteiger partial charge in [0.25, 0.3) is 5.56 Å². The monoisotopic (exact) mass is 494 g/mol. The minimum atomic E-state index is -0.525. The van der Waals surface area contributed by atoms with Gasteiger partial charge in [-0.25, -0.2) is 4.79 Å². The van der Waals surface area contributed by atoms with Gasteiger partial charge in [-0.05, 0) is 60.5 Å². The van der Waals surface area contributed by atoms with Gasteiger partial charge in [0, 0.05) is 19.7 Å². The maximum atomic E-state index is 13.7. The van der Waals surface area contributed by atoms with Gasteiger partial charge < -0.3 is 19.7 Å². The zero-order valence-corrected chi connectivity index (χ0v) is 20.9. The number of nitrogens with one attached hydrogen (secondary N) is 1. The number of aromatic nitrogens is 3. The first-order valence-corrected chi connectivity index (χ1v) is 12.0. The molecule has 0 fully saturated rings. The largest absolute Gasteiger partial charge is 0.508 e. The Labute approximate surface area is 212 Å². The predicted molar refractivity (Wildman–Crippen MR) is 144 cm³/mol. The molecule has 0 bridgehead atoms. The van der Waals surface area contributed by atoms with Gasteiger partial charge in [-0.15, -0.1) is 0 Å². The summed E-state index contributed by atoms with van der Waals surface area (Å²) in [5.41, 5.74) is 5.17. The number of fused-ring (bicyclic) bond motifs is 5. The molecule has 3 aromatic carbocycles. The van der Waals surface area contributed by atoms with Gasteiger partial charge in [0.2, 0.25) is 0 Å². The van der Waals surface area contributed by atoms with Crippen molar-refractivity contribution in [3.05, 3.63) is 104 Å². The van der Waals surface area contributed by atoms with E-state index < -0.39 is 11.7 Å². The van der Waals surface area contributed by atoms with Gasteiger partial charge in [0.15, 0.2) is 0 Å². The predicted octanol–water partition coefficient (Wildman–Crippen LogP) is 4.23. The molecule has 1 atom stereocenters. The fraction of sp³-hybridized carbons (Fsp3) is 0.172. The number of nitrogens with zero attached hydrogens (tertiary/aromatic N) is 3. The topological polar surface area (TPSA) is 90.4 Å². The van der Waals surface area contributed by atoms with Crippen LogP contribution in [0.2, 0.25) is 0 Å². The average Bonchev–Trinajstić information content (AvgIpc) is 3.27. The van der Waals surface area contributed by atoms with Crippen LogP contribution < -0.4 is 21.3 Å². The summed E-state index contributed by atoms with van der Waals surface area (Å²) in [5, 5.41) is 15.0. The molecule has 3 heterocycles. The summed E-state index contributed by atoms with van der Waals surface area (Å²) in [5.74, 6) is 0.834. The molecule has 0 aliphatic carbocycles. The number of hydrogen-bond donors (Lipinski definition) is 2. The number of para-hydroxylation sites is 2. The summed E-state index contributed by atoms with van der Waals surface area (Å²) in [6, 6.07) is 20.4. The van der Waals surface area contributed by atoms with Gasteiger partial charge in [-0.1, -0.05) is 24.3 Å². The first-order valence-electron chi connectivity index (χ1n) is 12.0. The van der Waals surface area contributed by atoms with E-state index in [-0.39, 0.29) is 11.3 Å². The highest BCUT2D eigenvalue weighted by atomic mass is 16.5. The summed E-state index contributed by atoms with van der Waals surface area (Å²) in [6.45, 7) is 1.92. The fourth-order valence-corrected chi connectivity index (χ4v) is 5.37. The highest BCUT2D eigenvalue weighted by Crippen LogP contribution is 2.46. The number of anilines is 1. The Morgan fingerprint density at radius 3 is 2.38 bits per heavy atom. The maximum absolute atomic E-state index is 13.7. The summed E-state index contributed by atoms with van der Waals surface area (Å²) >= 11 is 0. The van der Waals surface area contributed by atoms with Crippen LogP contribution in [0.4, 0.5) is 5.69 Å². The number of hydrogen-bond acceptors (Lipinski definition) is 5. The summed E-state index contributed by atoms with van der Waals surface area (Å²) in [7, 11) is 4.78. The minimum Gasteiger partial charge on any atom is -0.508 e. The molecule has 0 saturated carbocycles.